The third-order valence-corrected chi connectivity index (χ3v) is 0.503. The molecule has 0 spiro atoms. The van der Waals surface area contributed by atoms with Gasteiger partial charge in [-0.15, -0.1) is 0 Å². The van der Waals surface area contributed by atoms with E-state index < -0.39 is 0 Å². The summed E-state index contributed by atoms with van der Waals surface area (Å²) in [7, 11) is 0. The van der Waals surface area contributed by atoms with Gasteiger partial charge < -0.3 is 5.21 Å². The monoisotopic (exact) mass is 97.0 g/mol. The summed E-state index contributed by atoms with van der Waals surface area (Å²) in [5.41, 5.74) is 0. The van der Waals surface area contributed by atoms with Crippen LogP contribution in [0, 0.1) is 5.21 Å². The van der Waals surface area contributed by atoms with Crippen molar-refractivity contribution >= 4 is 0 Å². The van der Waals surface area contributed by atoms with Crippen LogP contribution in [0.4, 0.5) is 0 Å². The van der Waals surface area contributed by atoms with Gasteiger partial charge in [0, 0.05) is 10.2 Å². The highest BCUT2D eigenvalue weighted by Crippen LogP contribution is 1.60. The number of aromatic nitrogens is 3. The molecule has 1 aromatic rings. The van der Waals surface area contributed by atoms with E-state index >= 15 is 0 Å². The smallest absolute Gasteiger partial charge is 0.100 e. The second kappa shape index (κ2) is 1.51. The van der Waals surface area contributed by atoms with Crippen molar-refractivity contribution in [2.75, 3.05) is 0 Å². The predicted octanol–water partition coefficient (Wildman–Crippen LogP) is -0.890. The zero-order valence-corrected chi connectivity index (χ0v) is 3.48. The molecule has 0 saturated carbocycles. The van der Waals surface area contributed by atoms with Crippen molar-refractivity contribution in [3.63, 3.8) is 0 Å². The predicted molar refractivity (Wildman–Crippen MR) is 21.0 cm³/mol. The SMILES string of the molecule is [O-][n+]1ncccn1. The molecule has 0 N–H and O–H groups in total. The van der Waals surface area contributed by atoms with Gasteiger partial charge in [0.1, 0.15) is 12.4 Å². The first-order valence-corrected chi connectivity index (χ1v) is 1.77. The maximum atomic E-state index is 9.96. The topological polar surface area (TPSA) is 52.7 Å². The fourth-order valence-corrected chi connectivity index (χ4v) is 0.259. The molecule has 0 saturated heterocycles. The van der Waals surface area contributed by atoms with E-state index in [2.05, 4.69) is 10.2 Å². The standard InChI is InChI=1S/C3H3N3O/c7-6-4-2-1-3-5-6/h1-3H. The number of rotatable bonds is 0. The Morgan fingerprint density at radius 1 is 1.29 bits per heavy atom. The highest BCUT2D eigenvalue weighted by molar-refractivity contribution is 4.67. The van der Waals surface area contributed by atoms with Gasteiger partial charge in [-0.1, -0.05) is 0 Å². The molecule has 0 amide bonds. The molecule has 1 aromatic heterocycles. The number of hydrogen-bond acceptors (Lipinski definition) is 3. The summed E-state index contributed by atoms with van der Waals surface area (Å²) in [6.45, 7) is 0. The van der Waals surface area contributed by atoms with Crippen LogP contribution in [0.15, 0.2) is 18.5 Å². The molecule has 1 heterocycles. The Labute approximate surface area is 40.0 Å². The zero-order chi connectivity index (χ0) is 5.11. The van der Waals surface area contributed by atoms with Crippen molar-refractivity contribution in [3.8, 4) is 0 Å². The van der Waals surface area contributed by atoms with Crippen molar-refractivity contribution in [2.45, 2.75) is 0 Å². The van der Waals surface area contributed by atoms with Crippen molar-refractivity contribution in [2.24, 2.45) is 0 Å². The molecular formula is C3H3N3O. The van der Waals surface area contributed by atoms with Crippen molar-refractivity contribution in [3.05, 3.63) is 23.7 Å². The zero-order valence-electron chi connectivity index (χ0n) is 3.48. The third-order valence-electron chi connectivity index (χ3n) is 0.503. The lowest BCUT2D eigenvalue weighted by Gasteiger charge is -1.80. The highest BCUT2D eigenvalue weighted by atomic mass is 16.5. The van der Waals surface area contributed by atoms with Gasteiger partial charge in [0.25, 0.3) is 0 Å². The Bertz CT molecular complexity index is 140. The Balaban J connectivity index is 3.02. The van der Waals surface area contributed by atoms with Crippen LogP contribution in [0.1, 0.15) is 0 Å². The summed E-state index contributed by atoms with van der Waals surface area (Å²) < 4.78 is 0. The van der Waals surface area contributed by atoms with Gasteiger partial charge >= 0.3 is 0 Å². The van der Waals surface area contributed by atoms with Gasteiger partial charge in [0.05, 0.1) is 4.96 Å². The minimum absolute atomic E-state index is 0.250. The fraction of sp³-hybridized carbons (Fsp3) is 0. The van der Waals surface area contributed by atoms with E-state index in [1.54, 1.807) is 6.07 Å². The first-order chi connectivity index (χ1) is 3.39. The van der Waals surface area contributed by atoms with Crippen molar-refractivity contribution < 1.29 is 4.96 Å². The van der Waals surface area contributed by atoms with Crippen LogP contribution < -0.4 is 4.96 Å². The molecule has 4 heteroatoms. The van der Waals surface area contributed by atoms with Crippen LogP contribution in [0.3, 0.4) is 0 Å². The largest absolute Gasteiger partial charge is 0.569 e. The van der Waals surface area contributed by atoms with Crippen LogP contribution >= 0.6 is 0 Å². The molecule has 0 atom stereocenters. The van der Waals surface area contributed by atoms with E-state index in [9.17, 15) is 5.21 Å². The first kappa shape index (κ1) is 3.98. The molecule has 0 aliphatic carbocycles. The van der Waals surface area contributed by atoms with Gasteiger partial charge in [0.2, 0.25) is 0 Å². The van der Waals surface area contributed by atoms with Crippen molar-refractivity contribution in [1.29, 1.82) is 0 Å². The highest BCUT2D eigenvalue weighted by Gasteiger charge is 1.78. The lowest BCUT2D eigenvalue weighted by atomic mass is 10.7. The summed E-state index contributed by atoms with van der Waals surface area (Å²) in [5.74, 6) is 0. The fourth-order valence-electron chi connectivity index (χ4n) is 0.259. The minimum Gasteiger partial charge on any atom is -0.569 e. The molecule has 0 unspecified atom stereocenters. The van der Waals surface area contributed by atoms with Gasteiger partial charge in [0.15, 0.2) is 0 Å². The molecule has 36 valence electrons. The van der Waals surface area contributed by atoms with Crippen LogP contribution in [0.5, 0.6) is 0 Å². The molecular weight excluding hydrogens is 94.1 g/mol. The Morgan fingerprint density at radius 2 is 1.86 bits per heavy atom. The lowest BCUT2D eigenvalue weighted by Crippen LogP contribution is -2.34. The summed E-state index contributed by atoms with van der Waals surface area (Å²) in [6.07, 6.45) is 2.75. The molecule has 4 nitrogen and oxygen atoms in total. The van der Waals surface area contributed by atoms with Gasteiger partial charge in [-0.25, -0.2) is 0 Å². The Kier molecular flexibility index (Phi) is 0.856. The van der Waals surface area contributed by atoms with Crippen LogP contribution in [0.25, 0.3) is 0 Å². The van der Waals surface area contributed by atoms with E-state index in [-0.39, 0.29) is 4.96 Å². The Hall–Kier alpha value is -1.19. The summed E-state index contributed by atoms with van der Waals surface area (Å²) >= 11 is 0. The number of nitrogens with zero attached hydrogens (tertiary/aromatic N) is 3. The normalized spacial score (nSPS) is 8.57. The van der Waals surface area contributed by atoms with E-state index in [0.717, 1.165) is 0 Å². The van der Waals surface area contributed by atoms with Gasteiger partial charge in [-0.3, -0.25) is 0 Å². The number of hydrogen-bond donors (Lipinski definition) is 0. The van der Waals surface area contributed by atoms with Crippen LogP contribution in [-0.2, 0) is 0 Å². The maximum absolute atomic E-state index is 9.96. The molecule has 0 radical (unpaired) electrons. The molecule has 7 heavy (non-hydrogen) atoms. The molecule has 0 aliphatic heterocycles. The quantitative estimate of drug-likeness (QED) is 0.311. The summed E-state index contributed by atoms with van der Waals surface area (Å²) in [4.78, 5) is 0.250. The molecule has 0 aromatic carbocycles. The molecule has 0 aliphatic rings. The van der Waals surface area contributed by atoms with Crippen LogP contribution in [-0.4, -0.2) is 10.2 Å². The second-order valence-electron chi connectivity index (χ2n) is 0.974. The maximum Gasteiger partial charge on any atom is 0.100 e. The van der Waals surface area contributed by atoms with E-state index in [4.69, 9.17) is 0 Å². The molecule has 0 bridgehead atoms. The van der Waals surface area contributed by atoms with Gasteiger partial charge in [-0.05, 0) is 6.07 Å². The summed E-state index contributed by atoms with van der Waals surface area (Å²) in [6, 6.07) is 1.58. The lowest BCUT2D eigenvalue weighted by molar-refractivity contribution is -0.728. The second-order valence-corrected chi connectivity index (χ2v) is 0.974. The Morgan fingerprint density at radius 3 is 2.14 bits per heavy atom. The summed E-state index contributed by atoms with van der Waals surface area (Å²) in [5, 5.41) is 16.4. The third kappa shape index (κ3) is 0.819. The van der Waals surface area contributed by atoms with Crippen LogP contribution in [0.2, 0.25) is 0 Å². The van der Waals surface area contributed by atoms with E-state index in [0.29, 0.717) is 0 Å². The first-order valence-electron chi connectivity index (χ1n) is 1.77. The minimum atomic E-state index is 0.250. The average molecular weight is 97.1 g/mol. The molecule has 0 fully saturated rings. The van der Waals surface area contributed by atoms with E-state index in [1.807, 2.05) is 0 Å². The average Bonchev–Trinajstić information content (AvgIpc) is 1.69. The van der Waals surface area contributed by atoms with E-state index in [1.165, 1.54) is 12.4 Å². The van der Waals surface area contributed by atoms with Gasteiger partial charge in [-0.2, -0.15) is 0 Å². The molecule has 1 rings (SSSR count). The van der Waals surface area contributed by atoms with Crippen molar-refractivity contribution in [1.82, 2.24) is 10.2 Å².